The predicted octanol–water partition coefficient (Wildman–Crippen LogP) is 3.46. The summed E-state index contributed by atoms with van der Waals surface area (Å²) >= 11 is 0. The highest BCUT2D eigenvalue weighted by molar-refractivity contribution is 5.21. The third kappa shape index (κ3) is 4.45. The molecule has 0 saturated heterocycles. The first-order chi connectivity index (χ1) is 8.58. The molecule has 18 heavy (non-hydrogen) atoms. The lowest BCUT2D eigenvalue weighted by Gasteiger charge is -2.18. The van der Waals surface area contributed by atoms with Crippen LogP contribution in [-0.4, -0.2) is 16.3 Å². The number of hydrogen-bond donors (Lipinski definition) is 1. The quantitative estimate of drug-likeness (QED) is 0.767. The van der Waals surface area contributed by atoms with Crippen molar-refractivity contribution in [1.82, 2.24) is 15.1 Å². The van der Waals surface area contributed by atoms with E-state index in [1.807, 2.05) is 11.7 Å². The van der Waals surface area contributed by atoms with Gasteiger partial charge < -0.3 is 5.32 Å². The molecule has 0 aliphatic rings. The monoisotopic (exact) mass is 251 g/mol. The lowest BCUT2D eigenvalue weighted by molar-refractivity contribution is 0.453. The van der Waals surface area contributed by atoms with Crippen LogP contribution in [0.1, 0.15) is 64.3 Å². The van der Waals surface area contributed by atoms with Gasteiger partial charge in [0.15, 0.2) is 0 Å². The van der Waals surface area contributed by atoms with Crippen LogP contribution in [0, 0.1) is 5.92 Å². The largest absolute Gasteiger partial charge is 0.310 e. The predicted molar refractivity (Wildman–Crippen MR) is 77.7 cm³/mol. The van der Waals surface area contributed by atoms with Gasteiger partial charge in [-0.25, -0.2) is 0 Å². The number of aryl methyl sites for hydroxylation is 2. The average molecular weight is 251 g/mol. The Bertz CT molecular complexity index is 342. The van der Waals surface area contributed by atoms with Gasteiger partial charge in [-0.1, -0.05) is 40.5 Å². The van der Waals surface area contributed by atoms with E-state index in [0.29, 0.717) is 6.04 Å². The number of hydrogen-bond acceptors (Lipinski definition) is 2. The van der Waals surface area contributed by atoms with Crippen molar-refractivity contribution in [2.75, 3.05) is 6.54 Å². The summed E-state index contributed by atoms with van der Waals surface area (Å²) in [4.78, 5) is 0. The van der Waals surface area contributed by atoms with Gasteiger partial charge in [0.1, 0.15) is 0 Å². The Hall–Kier alpha value is -0.830. The zero-order valence-corrected chi connectivity index (χ0v) is 12.7. The highest BCUT2D eigenvalue weighted by atomic mass is 15.3. The second-order valence-electron chi connectivity index (χ2n) is 5.49. The molecule has 1 unspecified atom stereocenters. The topological polar surface area (TPSA) is 29.9 Å². The fraction of sp³-hybridized carbons (Fsp3) is 0.800. The molecule has 104 valence electrons. The number of rotatable bonds is 8. The van der Waals surface area contributed by atoms with Gasteiger partial charge in [0, 0.05) is 24.8 Å². The zero-order chi connectivity index (χ0) is 13.5. The van der Waals surface area contributed by atoms with E-state index >= 15 is 0 Å². The van der Waals surface area contributed by atoms with Gasteiger partial charge in [-0.3, -0.25) is 4.68 Å². The summed E-state index contributed by atoms with van der Waals surface area (Å²) < 4.78 is 1.95. The van der Waals surface area contributed by atoms with Crippen LogP contribution in [0.15, 0.2) is 6.20 Å². The Morgan fingerprint density at radius 3 is 2.56 bits per heavy atom. The first-order valence-corrected chi connectivity index (χ1v) is 7.34. The minimum atomic E-state index is 0.470. The molecule has 0 aliphatic carbocycles. The van der Waals surface area contributed by atoms with Crippen molar-refractivity contribution in [2.24, 2.45) is 13.0 Å². The standard InChI is InChI=1S/C15H29N3/c1-6-14-13(11-18(5)17-14)15(16-7-2)10-8-9-12(3)4/h11-12,15-16H,6-10H2,1-5H3. The van der Waals surface area contributed by atoms with Gasteiger partial charge in [-0.15, -0.1) is 0 Å². The molecular formula is C15H29N3. The molecule has 0 radical (unpaired) electrons. The van der Waals surface area contributed by atoms with Crippen molar-refractivity contribution in [3.05, 3.63) is 17.5 Å². The maximum Gasteiger partial charge on any atom is 0.0669 e. The summed E-state index contributed by atoms with van der Waals surface area (Å²) in [5.41, 5.74) is 2.64. The van der Waals surface area contributed by atoms with E-state index in [-0.39, 0.29) is 0 Å². The molecule has 0 fully saturated rings. The number of nitrogens with zero attached hydrogens (tertiary/aromatic N) is 2. The van der Waals surface area contributed by atoms with Crippen molar-refractivity contribution in [2.45, 2.75) is 59.4 Å². The third-order valence-electron chi connectivity index (χ3n) is 3.37. The summed E-state index contributed by atoms with van der Waals surface area (Å²) in [7, 11) is 2.01. The van der Waals surface area contributed by atoms with Gasteiger partial charge in [-0.2, -0.15) is 5.10 Å². The summed E-state index contributed by atoms with van der Waals surface area (Å²) in [5, 5.41) is 8.16. The highest BCUT2D eigenvalue weighted by Gasteiger charge is 2.16. The van der Waals surface area contributed by atoms with Crippen LogP contribution in [0.3, 0.4) is 0 Å². The van der Waals surface area contributed by atoms with Gasteiger partial charge in [0.25, 0.3) is 0 Å². The van der Waals surface area contributed by atoms with Crippen LogP contribution in [0.4, 0.5) is 0 Å². The van der Waals surface area contributed by atoms with Gasteiger partial charge in [0.05, 0.1) is 5.69 Å². The lowest BCUT2D eigenvalue weighted by atomic mass is 9.97. The van der Waals surface area contributed by atoms with Crippen molar-refractivity contribution < 1.29 is 0 Å². The van der Waals surface area contributed by atoms with E-state index in [4.69, 9.17) is 0 Å². The van der Waals surface area contributed by atoms with E-state index in [1.54, 1.807) is 0 Å². The van der Waals surface area contributed by atoms with Crippen LogP contribution in [-0.2, 0) is 13.5 Å². The van der Waals surface area contributed by atoms with Crippen molar-refractivity contribution in [1.29, 1.82) is 0 Å². The van der Waals surface area contributed by atoms with E-state index in [0.717, 1.165) is 18.9 Å². The summed E-state index contributed by atoms with van der Waals surface area (Å²) in [6, 6.07) is 0.470. The molecule has 1 heterocycles. The van der Waals surface area contributed by atoms with Crippen LogP contribution < -0.4 is 5.32 Å². The Morgan fingerprint density at radius 2 is 2.00 bits per heavy atom. The molecule has 3 heteroatoms. The van der Waals surface area contributed by atoms with Crippen LogP contribution >= 0.6 is 0 Å². The molecule has 1 aromatic heterocycles. The summed E-state index contributed by atoms with van der Waals surface area (Å²) in [6.07, 6.45) is 7.01. The van der Waals surface area contributed by atoms with Crippen molar-refractivity contribution in [3.63, 3.8) is 0 Å². The second kappa shape index (κ2) is 7.57. The fourth-order valence-corrected chi connectivity index (χ4v) is 2.46. The highest BCUT2D eigenvalue weighted by Crippen LogP contribution is 2.23. The smallest absolute Gasteiger partial charge is 0.0669 e. The SMILES string of the molecule is CCNC(CCCC(C)C)c1cn(C)nc1CC. The van der Waals surface area contributed by atoms with Crippen molar-refractivity contribution >= 4 is 0 Å². The second-order valence-corrected chi connectivity index (χ2v) is 5.49. The number of aromatic nitrogens is 2. The normalized spacial score (nSPS) is 13.2. The first kappa shape index (κ1) is 15.2. The lowest BCUT2D eigenvalue weighted by Crippen LogP contribution is -2.21. The molecule has 0 aromatic carbocycles. The molecule has 1 atom stereocenters. The fourth-order valence-electron chi connectivity index (χ4n) is 2.46. The Morgan fingerprint density at radius 1 is 1.28 bits per heavy atom. The molecule has 0 bridgehead atoms. The van der Waals surface area contributed by atoms with E-state index < -0.39 is 0 Å². The van der Waals surface area contributed by atoms with Gasteiger partial charge in [-0.05, 0) is 25.3 Å². The molecule has 0 saturated carbocycles. The molecule has 1 aromatic rings. The summed E-state index contributed by atoms with van der Waals surface area (Å²) in [6.45, 7) is 9.97. The Balaban J connectivity index is 2.70. The van der Waals surface area contributed by atoms with Gasteiger partial charge in [0.2, 0.25) is 0 Å². The third-order valence-corrected chi connectivity index (χ3v) is 3.37. The Labute approximate surface area is 112 Å². The minimum absolute atomic E-state index is 0.470. The van der Waals surface area contributed by atoms with E-state index in [2.05, 4.69) is 44.3 Å². The van der Waals surface area contributed by atoms with E-state index in [1.165, 1.54) is 30.5 Å². The number of nitrogens with one attached hydrogen (secondary N) is 1. The van der Waals surface area contributed by atoms with E-state index in [9.17, 15) is 0 Å². The van der Waals surface area contributed by atoms with Crippen molar-refractivity contribution in [3.8, 4) is 0 Å². The molecule has 0 spiro atoms. The molecule has 0 aliphatic heterocycles. The maximum absolute atomic E-state index is 4.55. The molecule has 1 N–H and O–H groups in total. The molecule has 3 nitrogen and oxygen atoms in total. The zero-order valence-electron chi connectivity index (χ0n) is 12.7. The maximum atomic E-state index is 4.55. The van der Waals surface area contributed by atoms with Crippen LogP contribution in [0.25, 0.3) is 0 Å². The molecular weight excluding hydrogens is 222 g/mol. The summed E-state index contributed by atoms with van der Waals surface area (Å²) in [5.74, 6) is 0.798. The van der Waals surface area contributed by atoms with Crippen LogP contribution in [0.2, 0.25) is 0 Å². The first-order valence-electron chi connectivity index (χ1n) is 7.34. The average Bonchev–Trinajstić information content (AvgIpc) is 2.69. The molecule has 0 amide bonds. The minimum Gasteiger partial charge on any atom is -0.310 e. The Kier molecular flexibility index (Phi) is 6.41. The molecule has 1 rings (SSSR count). The van der Waals surface area contributed by atoms with Gasteiger partial charge >= 0.3 is 0 Å². The van der Waals surface area contributed by atoms with Crippen LogP contribution in [0.5, 0.6) is 0 Å².